The lowest BCUT2D eigenvalue weighted by atomic mass is 10.0. The van der Waals surface area contributed by atoms with Crippen LogP contribution >= 0.6 is 23.2 Å². The predicted octanol–water partition coefficient (Wildman–Crippen LogP) is 5.39. The first kappa shape index (κ1) is 15.0. The first-order valence-electron chi connectivity index (χ1n) is 6.84. The molecule has 0 unspecified atom stereocenters. The molecule has 0 radical (unpaired) electrons. The highest BCUT2D eigenvalue weighted by Crippen LogP contribution is 2.29. The van der Waals surface area contributed by atoms with Crippen LogP contribution in [-0.4, -0.2) is 10.8 Å². The number of halogens is 2. The third-order valence-electron chi connectivity index (χ3n) is 3.76. The molecule has 0 amide bonds. The minimum absolute atomic E-state index is 0.0622. The minimum atomic E-state index is -0.0622. The summed E-state index contributed by atoms with van der Waals surface area (Å²) in [6, 6.07) is 12.3. The molecule has 0 aliphatic heterocycles. The molecule has 3 rings (SSSR count). The van der Waals surface area contributed by atoms with E-state index in [0.717, 1.165) is 22.2 Å². The zero-order chi connectivity index (χ0) is 15.9. The van der Waals surface area contributed by atoms with Crippen molar-refractivity contribution in [1.82, 2.24) is 4.98 Å². The maximum Gasteiger partial charge on any atom is 0.193 e. The van der Waals surface area contributed by atoms with E-state index in [-0.39, 0.29) is 5.78 Å². The van der Waals surface area contributed by atoms with E-state index in [1.807, 2.05) is 19.9 Å². The molecular formula is C18H13Cl2NO. The first-order valence-corrected chi connectivity index (χ1v) is 7.59. The number of benzene rings is 2. The van der Waals surface area contributed by atoms with Gasteiger partial charge in [0.25, 0.3) is 0 Å². The van der Waals surface area contributed by atoms with E-state index in [4.69, 9.17) is 23.2 Å². The lowest BCUT2D eigenvalue weighted by Gasteiger charge is -2.09. The van der Waals surface area contributed by atoms with E-state index in [9.17, 15) is 4.79 Å². The van der Waals surface area contributed by atoms with E-state index in [1.54, 1.807) is 36.4 Å². The van der Waals surface area contributed by atoms with Crippen LogP contribution in [0.2, 0.25) is 10.0 Å². The van der Waals surface area contributed by atoms with Crippen LogP contribution in [0.15, 0.2) is 42.5 Å². The van der Waals surface area contributed by atoms with Crippen LogP contribution in [0.4, 0.5) is 0 Å². The molecule has 4 heteroatoms. The summed E-state index contributed by atoms with van der Waals surface area (Å²) in [6.07, 6.45) is 0. The van der Waals surface area contributed by atoms with Crippen LogP contribution in [0.1, 0.15) is 27.2 Å². The molecule has 1 heterocycles. The Hall–Kier alpha value is -1.90. The maximum absolute atomic E-state index is 12.6. The number of carbonyl (C=O) groups is 1. The number of aryl methyl sites for hydroxylation is 1. The Bertz CT molecular complexity index is 886. The molecule has 2 nitrogen and oxygen atoms in total. The number of pyridine rings is 1. The van der Waals surface area contributed by atoms with E-state index < -0.39 is 0 Å². The molecule has 3 aromatic rings. The van der Waals surface area contributed by atoms with E-state index in [0.29, 0.717) is 21.2 Å². The fourth-order valence-corrected chi connectivity index (χ4v) is 2.76. The Morgan fingerprint density at radius 1 is 0.955 bits per heavy atom. The highest BCUT2D eigenvalue weighted by molar-refractivity contribution is 6.36. The summed E-state index contributed by atoms with van der Waals surface area (Å²) in [5.41, 5.74) is 3.80. The molecule has 2 aromatic carbocycles. The number of fused-ring (bicyclic) bond motifs is 1. The molecule has 0 bridgehead atoms. The van der Waals surface area contributed by atoms with Crippen LogP contribution < -0.4 is 0 Å². The zero-order valence-electron chi connectivity index (χ0n) is 12.2. The van der Waals surface area contributed by atoms with E-state index >= 15 is 0 Å². The third kappa shape index (κ3) is 2.60. The first-order chi connectivity index (χ1) is 10.5. The number of hydrogen-bond acceptors (Lipinski definition) is 2. The van der Waals surface area contributed by atoms with Gasteiger partial charge < -0.3 is 0 Å². The summed E-state index contributed by atoms with van der Waals surface area (Å²) in [6.45, 7) is 3.85. The molecule has 0 saturated carbocycles. The van der Waals surface area contributed by atoms with Gasteiger partial charge in [-0.05, 0) is 61.9 Å². The normalized spacial score (nSPS) is 10.9. The van der Waals surface area contributed by atoms with Crippen LogP contribution in [-0.2, 0) is 0 Å². The molecule has 0 fully saturated rings. The summed E-state index contributed by atoms with van der Waals surface area (Å²) in [5, 5.41) is 2.05. The summed E-state index contributed by atoms with van der Waals surface area (Å²) in [4.78, 5) is 17.1. The summed E-state index contributed by atoms with van der Waals surface area (Å²) < 4.78 is 0. The lowest BCUT2D eigenvalue weighted by Crippen LogP contribution is -2.01. The Morgan fingerprint density at radius 3 is 2.27 bits per heavy atom. The minimum Gasteiger partial charge on any atom is -0.289 e. The van der Waals surface area contributed by atoms with Gasteiger partial charge in [0.05, 0.1) is 10.5 Å². The average Bonchev–Trinajstić information content (AvgIpc) is 2.52. The Kier molecular flexibility index (Phi) is 3.90. The molecule has 0 N–H and O–H groups in total. The molecule has 0 spiro atoms. The van der Waals surface area contributed by atoms with Gasteiger partial charge in [0.15, 0.2) is 5.78 Å². The molecule has 0 atom stereocenters. The Labute approximate surface area is 138 Å². The third-order valence-corrected chi connectivity index (χ3v) is 4.50. The molecule has 0 aliphatic carbocycles. The number of hydrogen-bond donors (Lipinski definition) is 0. The van der Waals surface area contributed by atoms with E-state index in [2.05, 4.69) is 4.98 Å². The quantitative estimate of drug-likeness (QED) is 0.590. The van der Waals surface area contributed by atoms with Crippen molar-refractivity contribution in [2.75, 3.05) is 0 Å². The molecule has 22 heavy (non-hydrogen) atoms. The lowest BCUT2D eigenvalue weighted by molar-refractivity contribution is 0.103. The highest BCUT2D eigenvalue weighted by Gasteiger charge is 2.13. The second-order valence-corrected chi connectivity index (χ2v) is 6.02. The van der Waals surface area contributed by atoms with Gasteiger partial charge in [-0.2, -0.15) is 0 Å². The van der Waals surface area contributed by atoms with Crippen molar-refractivity contribution in [1.29, 1.82) is 0 Å². The van der Waals surface area contributed by atoms with Crippen molar-refractivity contribution in [2.24, 2.45) is 0 Å². The van der Waals surface area contributed by atoms with Gasteiger partial charge in [-0.15, -0.1) is 0 Å². The predicted molar refractivity (Wildman–Crippen MR) is 91.1 cm³/mol. The van der Waals surface area contributed by atoms with Crippen LogP contribution in [0.25, 0.3) is 10.9 Å². The highest BCUT2D eigenvalue weighted by atomic mass is 35.5. The van der Waals surface area contributed by atoms with Gasteiger partial charge in [-0.3, -0.25) is 9.78 Å². The summed E-state index contributed by atoms with van der Waals surface area (Å²) >= 11 is 12.3. The fourth-order valence-electron chi connectivity index (χ4n) is 2.34. The van der Waals surface area contributed by atoms with E-state index in [1.165, 1.54) is 0 Å². The number of aromatic nitrogens is 1. The van der Waals surface area contributed by atoms with Crippen LogP contribution in [0, 0.1) is 13.8 Å². The van der Waals surface area contributed by atoms with Gasteiger partial charge in [0.2, 0.25) is 0 Å². The Balaban J connectivity index is 2.12. The SMILES string of the molecule is Cc1nc2ccc(C(=O)c3ccc(Cl)cc3)cc2c(Cl)c1C. The largest absolute Gasteiger partial charge is 0.289 e. The number of ketones is 1. The summed E-state index contributed by atoms with van der Waals surface area (Å²) in [5.74, 6) is -0.0622. The smallest absolute Gasteiger partial charge is 0.193 e. The van der Waals surface area contributed by atoms with Crippen molar-refractivity contribution in [2.45, 2.75) is 13.8 Å². The molecule has 0 aliphatic rings. The summed E-state index contributed by atoms with van der Waals surface area (Å²) in [7, 11) is 0. The van der Waals surface area contributed by atoms with Crippen molar-refractivity contribution in [3.05, 3.63) is 74.9 Å². The van der Waals surface area contributed by atoms with Gasteiger partial charge in [0.1, 0.15) is 0 Å². The van der Waals surface area contributed by atoms with Crippen molar-refractivity contribution >= 4 is 39.9 Å². The van der Waals surface area contributed by atoms with Gasteiger partial charge in [-0.1, -0.05) is 23.2 Å². The van der Waals surface area contributed by atoms with Crippen LogP contribution in [0.5, 0.6) is 0 Å². The molecule has 110 valence electrons. The average molecular weight is 330 g/mol. The standard InChI is InChI=1S/C18H13Cl2NO/c1-10-11(2)21-16-8-5-13(9-15(16)17(10)20)18(22)12-3-6-14(19)7-4-12/h3-9H,1-2H3. The zero-order valence-corrected chi connectivity index (χ0v) is 13.7. The molecule has 0 saturated heterocycles. The van der Waals surface area contributed by atoms with Gasteiger partial charge in [-0.25, -0.2) is 0 Å². The second kappa shape index (κ2) is 5.71. The number of nitrogens with zero attached hydrogens (tertiary/aromatic N) is 1. The fraction of sp³-hybridized carbons (Fsp3) is 0.111. The topological polar surface area (TPSA) is 30.0 Å². The Morgan fingerprint density at radius 2 is 1.59 bits per heavy atom. The maximum atomic E-state index is 12.6. The van der Waals surface area contributed by atoms with Crippen molar-refractivity contribution in [3.63, 3.8) is 0 Å². The van der Waals surface area contributed by atoms with Gasteiger partial charge >= 0.3 is 0 Å². The van der Waals surface area contributed by atoms with Crippen molar-refractivity contribution in [3.8, 4) is 0 Å². The number of carbonyl (C=O) groups excluding carboxylic acids is 1. The second-order valence-electron chi connectivity index (χ2n) is 5.20. The molecule has 1 aromatic heterocycles. The monoisotopic (exact) mass is 329 g/mol. The molecular weight excluding hydrogens is 317 g/mol. The van der Waals surface area contributed by atoms with Crippen molar-refractivity contribution < 1.29 is 4.79 Å². The van der Waals surface area contributed by atoms with Crippen LogP contribution in [0.3, 0.4) is 0 Å². The number of rotatable bonds is 2. The van der Waals surface area contributed by atoms with Gasteiger partial charge in [0, 0.05) is 27.2 Å².